The number of aromatic nitrogens is 2. The molecule has 1 aromatic heterocycles. The predicted molar refractivity (Wildman–Crippen MR) is 67.5 cm³/mol. The highest BCUT2D eigenvalue weighted by Gasteiger charge is 2.17. The molecule has 2 aromatic rings. The molecule has 1 aromatic carbocycles. The lowest BCUT2D eigenvalue weighted by molar-refractivity contribution is 0.103. The van der Waals surface area contributed by atoms with E-state index in [0.717, 1.165) is 6.42 Å². The Morgan fingerprint density at radius 1 is 1.35 bits per heavy atom. The highest BCUT2D eigenvalue weighted by atomic mass is 35.5. The summed E-state index contributed by atoms with van der Waals surface area (Å²) in [6.07, 6.45) is 2.44. The summed E-state index contributed by atoms with van der Waals surface area (Å²) in [4.78, 5) is 12.2. The van der Waals surface area contributed by atoms with Crippen LogP contribution in [0.2, 0.25) is 5.02 Å². The van der Waals surface area contributed by atoms with Crippen LogP contribution in [0.5, 0.6) is 0 Å². The van der Waals surface area contributed by atoms with Crippen molar-refractivity contribution in [2.75, 3.05) is 0 Å². The Morgan fingerprint density at radius 2 is 2.00 bits per heavy atom. The van der Waals surface area contributed by atoms with Crippen molar-refractivity contribution >= 4 is 17.4 Å². The SMILES string of the molecule is CCc1ccc(C(=O)c2c(Cl)cnn2C)cc1. The Kier molecular flexibility index (Phi) is 3.29. The van der Waals surface area contributed by atoms with Crippen molar-refractivity contribution in [2.24, 2.45) is 7.05 Å². The summed E-state index contributed by atoms with van der Waals surface area (Å²) in [6, 6.07) is 7.56. The first kappa shape index (κ1) is 11.9. The molecular weight excluding hydrogens is 236 g/mol. The van der Waals surface area contributed by atoms with Gasteiger partial charge in [-0.15, -0.1) is 0 Å². The highest BCUT2D eigenvalue weighted by Crippen LogP contribution is 2.18. The molecule has 0 atom stereocenters. The van der Waals surface area contributed by atoms with Gasteiger partial charge in [-0.2, -0.15) is 5.10 Å². The van der Waals surface area contributed by atoms with Gasteiger partial charge in [-0.1, -0.05) is 42.8 Å². The molecule has 17 heavy (non-hydrogen) atoms. The van der Waals surface area contributed by atoms with Gasteiger partial charge >= 0.3 is 0 Å². The van der Waals surface area contributed by atoms with E-state index in [-0.39, 0.29) is 5.78 Å². The van der Waals surface area contributed by atoms with Crippen molar-refractivity contribution in [1.82, 2.24) is 9.78 Å². The van der Waals surface area contributed by atoms with Crippen molar-refractivity contribution in [2.45, 2.75) is 13.3 Å². The third-order valence-electron chi connectivity index (χ3n) is 2.73. The van der Waals surface area contributed by atoms with Crippen LogP contribution in [0.15, 0.2) is 30.5 Å². The fourth-order valence-electron chi connectivity index (χ4n) is 1.69. The maximum atomic E-state index is 12.2. The van der Waals surface area contributed by atoms with Crippen LogP contribution in [0.4, 0.5) is 0 Å². The predicted octanol–water partition coefficient (Wildman–Crippen LogP) is 2.87. The van der Waals surface area contributed by atoms with Gasteiger partial charge in [0.1, 0.15) is 5.69 Å². The standard InChI is InChI=1S/C13H13ClN2O/c1-3-9-4-6-10(7-5-9)13(17)12-11(14)8-15-16(12)2/h4-8H,3H2,1-2H3. The molecule has 0 bridgehead atoms. The molecule has 4 heteroatoms. The molecule has 0 fully saturated rings. The maximum absolute atomic E-state index is 12.2. The Bertz CT molecular complexity index is 524. The third-order valence-corrected chi connectivity index (χ3v) is 3.01. The lowest BCUT2D eigenvalue weighted by Gasteiger charge is -2.03. The van der Waals surface area contributed by atoms with Crippen LogP contribution in [0.1, 0.15) is 28.5 Å². The number of hydrogen-bond acceptors (Lipinski definition) is 2. The van der Waals surface area contributed by atoms with Gasteiger partial charge in [-0.3, -0.25) is 9.48 Å². The van der Waals surface area contributed by atoms with E-state index in [0.29, 0.717) is 16.3 Å². The molecule has 0 N–H and O–H groups in total. The Hall–Kier alpha value is -1.61. The zero-order chi connectivity index (χ0) is 12.4. The minimum absolute atomic E-state index is 0.0994. The molecule has 0 aliphatic heterocycles. The summed E-state index contributed by atoms with van der Waals surface area (Å²) in [6.45, 7) is 2.08. The topological polar surface area (TPSA) is 34.9 Å². The minimum atomic E-state index is -0.0994. The van der Waals surface area contributed by atoms with Gasteiger partial charge in [-0.05, 0) is 12.0 Å². The quantitative estimate of drug-likeness (QED) is 0.783. The number of benzene rings is 1. The fraction of sp³-hybridized carbons (Fsp3) is 0.231. The summed E-state index contributed by atoms with van der Waals surface area (Å²) in [5.41, 5.74) is 2.27. The first-order valence-corrected chi connectivity index (χ1v) is 5.82. The second kappa shape index (κ2) is 4.72. The second-order valence-electron chi connectivity index (χ2n) is 3.84. The van der Waals surface area contributed by atoms with E-state index >= 15 is 0 Å². The minimum Gasteiger partial charge on any atom is -0.287 e. The molecule has 1 heterocycles. The van der Waals surface area contributed by atoms with E-state index in [9.17, 15) is 4.79 Å². The number of rotatable bonds is 3. The molecule has 0 radical (unpaired) electrons. The first-order valence-electron chi connectivity index (χ1n) is 5.44. The number of ketones is 1. The van der Waals surface area contributed by atoms with Crippen molar-refractivity contribution in [3.63, 3.8) is 0 Å². The van der Waals surface area contributed by atoms with Crippen LogP contribution in [0, 0.1) is 0 Å². The molecule has 2 rings (SSSR count). The Morgan fingerprint density at radius 3 is 2.47 bits per heavy atom. The summed E-state index contributed by atoms with van der Waals surface area (Å²) in [5.74, 6) is -0.0994. The molecule has 0 saturated carbocycles. The van der Waals surface area contributed by atoms with Crippen molar-refractivity contribution in [1.29, 1.82) is 0 Å². The van der Waals surface area contributed by atoms with E-state index in [2.05, 4.69) is 12.0 Å². The third kappa shape index (κ3) is 2.24. The lowest BCUT2D eigenvalue weighted by atomic mass is 10.1. The van der Waals surface area contributed by atoms with Crippen LogP contribution in [-0.2, 0) is 13.5 Å². The Balaban J connectivity index is 2.37. The molecule has 3 nitrogen and oxygen atoms in total. The van der Waals surface area contributed by atoms with Crippen LogP contribution >= 0.6 is 11.6 Å². The van der Waals surface area contributed by atoms with Crippen molar-refractivity contribution < 1.29 is 4.79 Å². The molecule has 0 spiro atoms. The highest BCUT2D eigenvalue weighted by molar-refractivity contribution is 6.34. The number of carbonyl (C=O) groups excluding carboxylic acids is 1. The van der Waals surface area contributed by atoms with E-state index in [4.69, 9.17) is 11.6 Å². The molecule has 0 unspecified atom stereocenters. The molecular formula is C13H13ClN2O. The summed E-state index contributed by atoms with van der Waals surface area (Å²) >= 11 is 5.94. The average Bonchev–Trinajstić information content (AvgIpc) is 2.68. The van der Waals surface area contributed by atoms with E-state index in [1.807, 2.05) is 24.3 Å². The van der Waals surface area contributed by atoms with E-state index in [1.165, 1.54) is 16.4 Å². The lowest BCUT2D eigenvalue weighted by Crippen LogP contribution is -2.08. The number of nitrogens with zero attached hydrogens (tertiary/aromatic N) is 2. The van der Waals surface area contributed by atoms with Gasteiger partial charge < -0.3 is 0 Å². The normalized spacial score (nSPS) is 10.5. The number of hydrogen-bond donors (Lipinski definition) is 0. The van der Waals surface area contributed by atoms with Crippen molar-refractivity contribution in [3.8, 4) is 0 Å². The maximum Gasteiger partial charge on any atom is 0.212 e. The zero-order valence-corrected chi connectivity index (χ0v) is 10.5. The largest absolute Gasteiger partial charge is 0.287 e. The fourth-order valence-corrected chi connectivity index (χ4v) is 1.95. The van der Waals surface area contributed by atoms with Crippen LogP contribution in [-0.4, -0.2) is 15.6 Å². The molecule has 0 aliphatic rings. The molecule has 88 valence electrons. The van der Waals surface area contributed by atoms with Crippen LogP contribution in [0.25, 0.3) is 0 Å². The zero-order valence-electron chi connectivity index (χ0n) is 9.77. The van der Waals surface area contributed by atoms with Gasteiger partial charge in [0.15, 0.2) is 0 Å². The Labute approximate surface area is 105 Å². The van der Waals surface area contributed by atoms with Crippen molar-refractivity contribution in [3.05, 3.63) is 52.3 Å². The smallest absolute Gasteiger partial charge is 0.212 e. The molecule has 0 aliphatic carbocycles. The van der Waals surface area contributed by atoms with Crippen LogP contribution in [0.3, 0.4) is 0 Å². The second-order valence-corrected chi connectivity index (χ2v) is 4.25. The average molecular weight is 249 g/mol. The summed E-state index contributed by atoms with van der Waals surface area (Å²) < 4.78 is 1.50. The first-order chi connectivity index (χ1) is 8.13. The van der Waals surface area contributed by atoms with Gasteiger partial charge in [0.05, 0.1) is 11.2 Å². The van der Waals surface area contributed by atoms with Gasteiger partial charge in [0.2, 0.25) is 5.78 Å². The molecule has 0 amide bonds. The van der Waals surface area contributed by atoms with E-state index in [1.54, 1.807) is 7.05 Å². The van der Waals surface area contributed by atoms with Gasteiger partial charge in [0, 0.05) is 12.6 Å². The summed E-state index contributed by atoms with van der Waals surface area (Å²) in [5, 5.41) is 4.35. The van der Waals surface area contributed by atoms with Gasteiger partial charge in [-0.25, -0.2) is 0 Å². The number of carbonyl (C=O) groups is 1. The van der Waals surface area contributed by atoms with Gasteiger partial charge in [0.25, 0.3) is 0 Å². The molecule has 0 saturated heterocycles. The monoisotopic (exact) mass is 248 g/mol. The number of halogens is 1. The van der Waals surface area contributed by atoms with E-state index < -0.39 is 0 Å². The number of aryl methyl sites for hydroxylation is 2. The van der Waals surface area contributed by atoms with Crippen LogP contribution < -0.4 is 0 Å². The summed E-state index contributed by atoms with van der Waals surface area (Å²) in [7, 11) is 1.71.